The quantitative estimate of drug-likeness (QED) is 0.551. The van der Waals surface area contributed by atoms with Gasteiger partial charge in [-0.25, -0.2) is 0 Å². The lowest BCUT2D eigenvalue weighted by Crippen LogP contribution is -2.48. The molecule has 2 heterocycles. The zero-order valence-corrected chi connectivity index (χ0v) is 20.6. The molecule has 0 radical (unpaired) electrons. The van der Waals surface area contributed by atoms with E-state index in [2.05, 4.69) is 0 Å². The molecule has 2 saturated heterocycles. The fraction of sp³-hybridized carbons (Fsp3) is 0.481. The molecule has 0 spiro atoms. The van der Waals surface area contributed by atoms with Crippen LogP contribution in [-0.2, 0) is 4.79 Å². The van der Waals surface area contributed by atoms with Crippen LogP contribution in [0.1, 0.15) is 48.9 Å². The first kappa shape index (κ1) is 24.4. The Hall–Kier alpha value is -2.73. The van der Waals surface area contributed by atoms with Gasteiger partial charge in [0.25, 0.3) is 5.91 Å². The molecule has 2 amide bonds. The Bertz CT molecular complexity index is 998. The summed E-state index contributed by atoms with van der Waals surface area (Å²) < 4.78 is 11.4. The second-order valence-corrected chi connectivity index (χ2v) is 9.82. The van der Waals surface area contributed by atoms with Gasteiger partial charge in [0.05, 0.1) is 13.7 Å². The minimum absolute atomic E-state index is 0.00869. The van der Waals surface area contributed by atoms with Crippen molar-refractivity contribution in [2.24, 2.45) is 5.41 Å². The molecular formula is C27H33ClN2O4. The van der Waals surface area contributed by atoms with Crippen LogP contribution in [0.5, 0.6) is 11.5 Å². The molecule has 34 heavy (non-hydrogen) atoms. The van der Waals surface area contributed by atoms with E-state index >= 15 is 0 Å². The Labute approximate surface area is 206 Å². The SMILES string of the molecule is COc1cccc(C(=O)N2CCC(COc3cccc(Cl)c3)(CC(=O)N3CCCCC3)CC2)c1. The van der Waals surface area contributed by atoms with Crippen LogP contribution in [0.2, 0.25) is 5.02 Å². The van der Waals surface area contributed by atoms with Crippen LogP contribution in [0.4, 0.5) is 0 Å². The number of carbonyl (C=O) groups excluding carboxylic acids is 2. The van der Waals surface area contributed by atoms with E-state index < -0.39 is 0 Å². The normalized spacial score (nSPS) is 17.8. The van der Waals surface area contributed by atoms with Gasteiger partial charge in [0, 0.05) is 48.6 Å². The van der Waals surface area contributed by atoms with Crippen molar-refractivity contribution in [1.29, 1.82) is 0 Å². The highest BCUT2D eigenvalue weighted by atomic mass is 35.5. The van der Waals surface area contributed by atoms with E-state index in [4.69, 9.17) is 21.1 Å². The first-order chi connectivity index (χ1) is 16.5. The molecule has 6 nitrogen and oxygen atoms in total. The lowest BCUT2D eigenvalue weighted by Gasteiger charge is -2.42. The molecule has 0 unspecified atom stereocenters. The van der Waals surface area contributed by atoms with Gasteiger partial charge in [-0.15, -0.1) is 0 Å². The first-order valence-electron chi connectivity index (χ1n) is 12.1. The van der Waals surface area contributed by atoms with E-state index in [0.29, 0.717) is 61.0 Å². The van der Waals surface area contributed by atoms with Crippen LogP contribution in [0.25, 0.3) is 0 Å². The third-order valence-electron chi connectivity index (χ3n) is 7.00. The van der Waals surface area contributed by atoms with Crippen LogP contribution in [0.3, 0.4) is 0 Å². The fourth-order valence-electron chi connectivity index (χ4n) is 4.86. The molecule has 2 aliphatic heterocycles. The van der Waals surface area contributed by atoms with Crippen LogP contribution in [-0.4, -0.2) is 61.5 Å². The second-order valence-electron chi connectivity index (χ2n) is 9.39. The van der Waals surface area contributed by atoms with E-state index in [1.807, 2.05) is 46.2 Å². The topological polar surface area (TPSA) is 59.1 Å². The largest absolute Gasteiger partial charge is 0.497 e. The van der Waals surface area contributed by atoms with Crippen molar-refractivity contribution in [2.45, 2.75) is 38.5 Å². The Morgan fingerprint density at radius 2 is 1.62 bits per heavy atom. The number of ether oxygens (including phenoxy) is 2. The van der Waals surface area contributed by atoms with E-state index in [1.165, 1.54) is 6.42 Å². The van der Waals surface area contributed by atoms with Crippen molar-refractivity contribution in [3.05, 3.63) is 59.1 Å². The molecule has 0 atom stereocenters. The van der Waals surface area contributed by atoms with Crippen molar-refractivity contribution in [2.75, 3.05) is 39.9 Å². The van der Waals surface area contributed by atoms with E-state index in [-0.39, 0.29) is 17.2 Å². The molecule has 0 saturated carbocycles. The molecule has 0 N–H and O–H groups in total. The molecular weight excluding hydrogens is 452 g/mol. The summed E-state index contributed by atoms with van der Waals surface area (Å²) in [6.45, 7) is 3.27. The molecule has 7 heteroatoms. The maximum Gasteiger partial charge on any atom is 0.253 e. The van der Waals surface area contributed by atoms with Gasteiger partial charge in [0.1, 0.15) is 11.5 Å². The number of rotatable bonds is 7. The average Bonchev–Trinajstić information content (AvgIpc) is 2.88. The average molecular weight is 485 g/mol. The van der Waals surface area contributed by atoms with Gasteiger partial charge in [-0.1, -0.05) is 23.7 Å². The van der Waals surface area contributed by atoms with Gasteiger partial charge in [0.15, 0.2) is 0 Å². The monoisotopic (exact) mass is 484 g/mol. The smallest absolute Gasteiger partial charge is 0.253 e. The highest BCUT2D eigenvalue weighted by molar-refractivity contribution is 6.30. The van der Waals surface area contributed by atoms with Crippen molar-refractivity contribution in [3.63, 3.8) is 0 Å². The van der Waals surface area contributed by atoms with Crippen LogP contribution in [0, 0.1) is 5.41 Å². The molecule has 0 aliphatic carbocycles. The Morgan fingerprint density at radius 3 is 2.32 bits per heavy atom. The first-order valence-corrected chi connectivity index (χ1v) is 12.5. The minimum Gasteiger partial charge on any atom is -0.497 e. The Morgan fingerprint density at radius 1 is 0.912 bits per heavy atom. The van der Waals surface area contributed by atoms with Gasteiger partial charge in [0.2, 0.25) is 5.91 Å². The fourth-order valence-corrected chi connectivity index (χ4v) is 5.04. The summed E-state index contributed by atoms with van der Waals surface area (Å²) >= 11 is 6.13. The number of likely N-dealkylation sites (tertiary alicyclic amines) is 2. The zero-order chi connectivity index (χ0) is 24.0. The summed E-state index contributed by atoms with van der Waals surface area (Å²) in [6.07, 6.45) is 5.19. The highest BCUT2D eigenvalue weighted by Crippen LogP contribution is 2.37. The van der Waals surface area contributed by atoms with Gasteiger partial charge in [-0.05, 0) is 68.5 Å². The maximum atomic E-state index is 13.2. The summed E-state index contributed by atoms with van der Waals surface area (Å²) in [5.74, 6) is 1.55. The summed E-state index contributed by atoms with van der Waals surface area (Å²) in [7, 11) is 1.60. The van der Waals surface area contributed by atoms with Crippen molar-refractivity contribution in [3.8, 4) is 11.5 Å². The summed E-state index contributed by atoms with van der Waals surface area (Å²) in [6, 6.07) is 14.6. The molecule has 2 aliphatic rings. The van der Waals surface area contributed by atoms with Crippen molar-refractivity contribution >= 4 is 23.4 Å². The van der Waals surface area contributed by atoms with E-state index in [9.17, 15) is 9.59 Å². The Balaban J connectivity index is 1.45. The van der Waals surface area contributed by atoms with Crippen LogP contribution in [0.15, 0.2) is 48.5 Å². The lowest BCUT2D eigenvalue weighted by molar-refractivity contribution is -0.136. The Kier molecular flexibility index (Phi) is 7.99. The third-order valence-corrected chi connectivity index (χ3v) is 7.24. The number of hydrogen-bond donors (Lipinski definition) is 0. The number of amides is 2. The van der Waals surface area contributed by atoms with Crippen LogP contribution < -0.4 is 9.47 Å². The summed E-state index contributed by atoms with van der Waals surface area (Å²) in [5.41, 5.74) is 0.300. The summed E-state index contributed by atoms with van der Waals surface area (Å²) in [5, 5.41) is 0.620. The molecule has 0 aromatic heterocycles. The molecule has 182 valence electrons. The van der Waals surface area contributed by atoms with Crippen molar-refractivity contribution < 1.29 is 19.1 Å². The molecule has 0 bridgehead atoms. The molecule has 2 fully saturated rings. The zero-order valence-electron chi connectivity index (χ0n) is 19.8. The predicted octanol–water partition coefficient (Wildman–Crippen LogP) is 5.05. The lowest BCUT2D eigenvalue weighted by atomic mass is 9.75. The van der Waals surface area contributed by atoms with Gasteiger partial charge in [-0.2, -0.15) is 0 Å². The third kappa shape index (κ3) is 6.03. The number of piperidine rings is 2. The number of benzene rings is 2. The number of nitrogens with zero attached hydrogens (tertiary/aromatic N) is 2. The second kappa shape index (κ2) is 11.1. The minimum atomic E-state index is -0.317. The number of carbonyl (C=O) groups is 2. The van der Waals surface area contributed by atoms with E-state index in [1.54, 1.807) is 19.2 Å². The van der Waals surface area contributed by atoms with Crippen molar-refractivity contribution in [1.82, 2.24) is 9.80 Å². The molecule has 2 aromatic rings. The maximum absolute atomic E-state index is 13.2. The number of halogens is 1. The predicted molar refractivity (Wildman–Crippen MR) is 133 cm³/mol. The highest BCUT2D eigenvalue weighted by Gasteiger charge is 2.40. The summed E-state index contributed by atoms with van der Waals surface area (Å²) in [4.78, 5) is 30.2. The number of methoxy groups -OCH3 is 1. The molecule has 2 aromatic carbocycles. The van der Waals surface area contributed by atoms with Gasteiger partial charge < -0.3 is 19.3 Å². The number of hydrogen-bond acceptors (Lipinski definition) is 4. The van der Waals surface area contributed by atoms with E-state index in [0.717, 1.165) is 25.9 Å². The standard InChI is InChI=1S/C27H33ClN2O4/c1-33-23-9-5-7-21(17-23)26(32)30-15-11-27(12-16-30,19-25(31)29-13-3-2-4-14-29)20-34-24-10-6-8-22(28)18-24/h5-10,17-18H,2-4,11-16,19-20H2,1H3. The van der Waals surface area contributed by atoms with Gasteiger partial charge >= 0.3 is 0 Å². The van der Waals surface area contributed by atoms with Crippen LogP contribution >= 0.6 is 11.6 Å². The van der Waals surface area contributed by atoms with Gasteiger partial charge in [-0.3, -0.25) is 9.59 Å². The molecule has 4 rings (SSSR count).